The van der Waals surface area contributed by atoms with E-state index in [9.17, 15) is 20.0 Å². The van der Waals surface area contributed by atoms with Gasteiger partial charge in [0, 0.05) is 22.9 Å². The molecule has 0 aliphatic rings. The maximum Gasteiger partial charge on any atom is 0.273 e. The first-order valence-corrected chi connectivity index (χ1v) is 6.29. The van der Waals surface area contributed by atoms with Crippen molar-refractivity contribution in [3.63, 3.8) is 0 Å². The van der Waals surface area contributed by atoms with Crippen LogP contribution in [0.3, 0.4) is 0 Å². The Morgan fingerprint density at radius 1 is 1.24 bits per heavy atom. The van der Waals surface area contributed by atoms with Gasteiger partial charge in [-0.3, -0.25) is 14.9 Å². The van der Waals surface area contributed by atoms with E-state index in [1.165, 1.54) is 12.1 Å². The van der Waals surface area contributed by atoms with Crippen molar-refractivity contribution in [2.45, 2.75) is 13.3 Å². The van der Waals surface area contributed by atoms with Crippen LogP contribution < -0.4 is 5.32 Å². The van der Waals surface area contributed by atoms with E-state index in [2.05, 4.69) is 5.32 Å². The fourth-order valence-electron chi connectivity index (χ4n) is 1.96. The van der Waals surface area contributed by atoms with Gasteiger partial charge in [0.15, 0.2) is 0 Å². The molecule has 2 N–H and O–H groups in total. The zero-order valence-electron chi connectivity index (χ0n) is 11.4. The molecule has 0 aliphatic heterocycles. The van der Waals surface area contributed by atoms with Crippen LogP contribution in [0.1, 0.15) is 11.1 Å². The van der Waals surface area contributed by atoms with E-state index in [1.54, 1.807) is 37.3 Å². The minimum atomic E-state index is -0.512. The topological polar surface area (TPSA) is 92.5 Å². The zero-order chi connectivity index (χ0) is 15.4. The van der Waals surface area contributed by atoms with Crippen LogP contribution in [0.15, 0.2) is 42.5 Å². The van der Waals surface area contributed by atoms with Gasteiger partial charge in [0.05, 0.1) is 11.3 Å². The van der Waals surface area contributed by atoms with E-state index in [1.807, 2.05) is 0 Å². The summed E-state index contributed by atoms with van der Waals surface area (Å²) in [7, 11) is 0. The Balaban J connectivity index is 2.16. The van der Waals surface area contributed by atoms with Crippen molar-refractivity contribution in [3.05, 3.63) is 63.7 Å². The molecule has 108 valence electrons. The first kappa shape index (κ1) is 14.5. The molecule has 0 spiro atoms. The molecule has 0 fully saturated rings. The van der Waals surface area contributed by atoms with Gasteiger partial charge in [0.25, 0.3) is 5.69 Å². The molecule has 2 aromatic rings. The normalized spacial score (nSPS) is 10.1. The number of aromatic hydroxyl groups is 1. The number of hydrogen-bond acceptors (Lipinski definition) is 4. The predicted octanol–water partition coefficient (Wildman–Crippen LogP) is 2.79. The summed E-state index contributed by atoms with van der Waals surface area (Å²) in [6.45, 7) is 1.68. The van der Waals surface area contributed by atoms with Gasteiger partial charge in [0.1, 0.15) is 5.75 Å². The van der Waals surface area contributed by atoms with E-state index in [0.717, 1.165) is 0 Å². The third-order valence-electron chi connectivity index (χ3n) is 3.12. The first-order chi connectivity index (χ1) is 9.99. The lowest BCUT2D eigenvalue weighted by Gasteiger charge is -2.09. The monoisotopic (exact) mass is 286 g/mol. The summed E-state index contributed by atoms with van der Waals surface area (Å²) in [6.07, 6.45) is -0.105. The highest BCUT2D eigenvalue weighted by Crippen LogP contribution is 2.24. The number of nitro groups is 1. The number of phenols is 1. The second-order valence-corrected chi connectivity index (χ2v) is 4.56. The maximum absolute atomic E-state index is 12.0. The highest BCUT2D eigenvalue weighted by atomic mass is 16.6. The SMILES string of the molecule is Cc1c(O)cccc1NC(=O)Cc1ccccc1[N+](=O)[O-]. The number of phenolic OH excluding ortho intramolecular Hbond substituents is 1. The van der Waals surface area contributed by atoms with Gasteiger partial charge in [-0.25, -0.2) is 0 Å². The molecule has 0 bridgehead atoms. The van der Waals surface area contributed by atoms with Crippen molar-refractivity contribution >= 4 is 17.3 Å². The Morgan fingerprint density at radius 2 is 1.95 bits per heavy atom. The van der Waals surface area contributed by atoms with Crippen LogP contribution in [-0.2, 0) is 11.2 Å². The molecule has 0 saturated carbocycles. The molecule has 0 unspecified atom stereocenters. The number of nitrogens with one attached hydrogen (secondary N) is 1. The van der Waals surface area contributed by atoms with Crippen LogP contribution in [0.4, 0.5) is 11.4 Å². The molecule has 2 rings (SSSR count). The number of para-hydroxylation sites is 1. The summed E-state index contributed by atoms with van der Waals surface area (Å²) >= 11 is 0. The lowest BCUT2D eigenvalue weighted by Crippen LogP contribution is -2.15. The number of rotatable bonds is 4. The minimum absolute atomic E-state index is 0.0819. The van der Waals surface area contributed by atoms with Crippen LogP contribution in [0, 0.1) is 17.0 Å². The average molecular weight is 286 g/mol. The Hall–Kier alpha value is -2.89. The molecule has 0 saturated heterocycles. The summed E-state index contributed by atoms with van der Waals surface area (Å²) in [6, 6.07) is 10.9. The van der Waals surface area contributed by atoms with Gasteiger partial charge in [-0.15, -0.1) is 0 Å². The number of carbonyl (C=O) groups excluding carboxylic acids is 1. The third kappa shape index (κ3) is 3.36. The quantitative estimate of drug-likeness (QED) is 0.667. The molecule has 0 aromatic heterocycles. The smallest absolute Gasteiger partial charge is 0.273 e. The number of carbonyl (C=O) groups is 1. The molecule has 0 aliphatic carbocycles. The van der Waals surface area contributed by atoms with Gasteiger partial charge in [-0.05, 0) is 19.1 Å². The van der Waals surface area contributed by atoms with Crippen molar-refractivity contribution in [3.8, 4) is 5.75 Å². The highest BCUT2D eigenvalue weighted by Gasteiger charge is 2.16. The summed E-state index contributed by atoms with van der Waals surface area (Å²) < 4.78 is 0. The lowest BCUT2D eigenvalue weighted by molar-refractivity contribution is -0.385. The molecule has 0 radical (unpaired) electrons. The second kappa shape index (κ2) is 6.04. The number of nitrogens with zero attached hydrogens (tertiary/aromatic N) is 1. The third-order valence-corrected chi connectivity index (χ3v) is 3.12. The second-order valence-electron chi connectivity index (χ2n) is 4.56. The Labute approximate surface area is 121 Å². The van der Waals surface area contributed by atoms with Crippen LogP contribution in [-0.4, -0.2) is 15.9 Å². The number of amides is 1. The van der Waals surface area contributed by atoms with Crippen molar-refractivity contribution in [1.29, 1.82) is 0 Å². The summed E-state index contributed by atoms with van der Waals surface area (Å²) in [5.74, 6) is -0.295. The van der Waals surface area contributed by atoms with Gasteiger partial charge in [-0.1, -0.05) is 24.3 Å². The number of hydrogen-bond donors (Lipinski definition) is 2. The summed E-state index contributed by atoms with van der Waals surface area (Å²) in [5, 5.41) is 23.1. The van der Waals surface area contributed by atoms with Crippen LogP contribution >= 0.6 is 0 Å². The van der Waals surface area contributed by atoms with Gasteiger partial charge in [0.2, 0.25) is 5.91 Å². The van der Waals surface area contributed by atoms with E-state index >= 15 is 0 Å². The zero-order valence-corrected chi connectivity index (χ0v) is 11.4. The number of anilines is 1. The first-order valence-electron chi connectivity index (χ1n) is 6.29. The van der Waals surface area contributed by atoms with Crippen molar-refractivity contribution in [1.82, 2.24) is 0 Å². The summed E-state index contributed by atoms with van der Waals surface area (Å²) in [5.41, 5.74) is 1.30. The largest absolute Gasteiger partial charge is 0.508 e. The molecule has 0 heterocycles. The van der Waals surface area contributed by atoms with Crippen molar-refractivity contribution < 1.29 is 14.8 Å². The Bertz CT molecular complexity index is 698. The Morgan fingerprint density at radius 3 is 2.67 bits per heavy atom. The maximum atomic E-state index is 12.0. The van der Waals surface area contributed by atoms with E-state index in [-0.39, 0.29) is 23.8 Å². The molecule has 6 nitrogen and oxygen atoms in total. The van der Waals surface area contributed by atoms with Crippen molar-refractivity contribution in [2.75, 3.05) is 5.32 Å². The van der Waals surface area contributed by atoms with Gasteiger partial charge < -0.3 is 10.4 Å². The predicted molar refractivity (Wildman–Crippen MR) is 78.3 cm³/mol. The minimum Gasteiger partial charge on any atom is -0.508 e. The van der Waals surface area contributed by atoms with Crippen LogP contribution in [0.25, 0.3) is 0 Å². The molecule has 1 amide bonds. The molecular weight excluding hydrogens is 272 g/mol. The van der Waals surface area contributed by atoms with Crippen LogP contribution in [0.5, 0.6) is 5.75 Å². The van der Waals surface area contributed by atoms with E-state index in [0.29, 0.717) is 16.8 Å². The lowest BCUT2D eigenvalue weighted by atomic mass is 10.1. The standard InChI is InChI=1S/C15H14N2O4/c1-10-12(6-4-8-14(10)18)16-15(19)9-11-5-2-3-7-13(11)17(20)21/h2-8,18H,9H2,1H3,(H,16,19). The molecular formula is C15H14N2O4. The fraction of sp³-hybridized carbons (Fsp3) is 0.133. The van der Waals surface area contributed by atoms with E-state index < -0.39 is 4.92 Å². The van der Waals surface area contributed by atoms with Crippen LogP contribution in [0.2, 0.25) is 0 Å². The summed E-state index contributed by atoms with van der Waals surface area (Å²) in [4.78, 5) is 22.4. The molecule has 0 atom stereocenters. The number of nitro benzene ring substituents is 1. The fourth-order valence-corrected chi connectivity index (χ4v) is 1.96. The number of benzene rings is 2. The molecule has 2 aromatic carbocycles. The highest BCUT2D eigenvalue weighted by molar-refractivity contribution is 5.93. The van der Waals surface area contributed by atoms with E-state index in [4.69, 9.17) is 0 Å². The van der Waals surface area contributed by atoms with Crippen molar-refractivity contribution in [2.24, 2.45) is 0 Å². The average Bonchev–Trinajstić information content (AvgIpc) is 2.44. The molecule has 21 heavy (non-hydrogen) atoms. The van der Waals surface area contributed by atoms with Gasteiger partial charge in [-0.2, -0.15) is 0 Å². The van der Waals surface area contributed by atoms with Gasteiger partial charge >= 0.3 is 0 Å². The molecule has 6 heteroatoms. The Kier molecular flexibility index (Phi) is 4.18.